The van der Waals surface area contributed by atoms with Crippen LogP contribution in [0.3, 0.4) is 0 Å². The smallest absolute Gasteiger partial charge is 0.355 e. The van der Waals surface area contributed by atoms with Gasteiger partial charge in [-0.25, -0.2) is 9.18 Å². The zero-order valence-corrected chi connectivity index (χ0v) is 11.2. The Balaban J connectivity index is 1.99. The molecule has 0 saturated heterocycles. The van der Waals surface area contributed by atoms with Gasteiger partial charge in [-0.3, -0.25) is 9.59 Å². The van der Waals surface area contributed by atoms with Gasteiger partial charge in [0.25, 0.3) is 0 Å². The number of aromatic nitrogens is 1. The highest BCUT2D eigenvalue weighted by Gasteiger charge is 2.16. The second-order valence-corrected chi connectivity index (χ2v) is 4.34. The maximum absolute atomic E-state index is 13.4. The molecule has 0 bridgehead atoms. The van der Waals surface area contributed by atoms with Crippen LogP contribution < -0.4 is 0 Å². The topological polar surface area (TPSA) is 76.2 Å². The summed E-state index contributed by atoms with van der Waals surface area (Å²) in [5.41, 5.74) is 0.255. The summed E-state index contributed by atoms with van der Waals surface area (Å²) in [5.74, 6) is -2.29. The van der Waals surface area contributed by atoms with Crippen LogP contribution in [0.2, 0.25) is 0 Å². The molecule has 0 atom stereocenters. The van der Waals surface area contributed by atoms with Gasteiger partial charge in [0.2, 0.25) is 5.78 Å². The van der Waals surface area contributed by atoms with E-state index < -0.39 is 24.2 Å². The lowest BCUT2D eigenvalue weighted by Gasteiger charge is -2.03. The number of H-pyrrole nitrogens is 1. The van der Waals surface area contributed by atoms with E-state index in [4.69, 9.17) is 4.74 Å². The molecule has 1 heterocycles. The molecule has 6 heteroatoms. The first-order valence-corrected chi connectivity index (χ1v) is 6.13. The number of benzene rings is 1. The van der Waals surface area contributed by atoms with Crippen LogP contribution in [0.25, 0.3) is 0 Å². The normalized spacial score (nSPS) is 10.2. The van der Waals surface area contributed by atoms with Crippen LogP contribution in [0, 0.1) is 5.82 Å². The average molecular weight is 289 g/mol. The molecule has 2 rings (SSSR count). The van der Waals surface area contributed by atoms with Gasteiger partial charge in [-0.1, -0.05) is 12.1 Å². The second kappa shape index (κ2) is 6.13. The number of halogens is 1. The average Bonchev–Trinajstić information content (AvgIpc) is 2.95. The second-order valence-electron chi connectivity index (χ2n) is 4.34. The lowest BCUT2D eigenvalue weighted by molar-refractivity contribution is 0.0468. The van der Waals surface area contributed by atoms with Gasteiger partial charge in [0, 0.05) is 11.8 Å². The summed E-state index contributed by atoms with van der Waals surface area (Å²) in [6.45, 7) is 0.786. The Hall–Kier alpha value is -2.76. The van der Waals surface area contributed by atoms with E-state index in [0.717, 1.165) is 6.07 Å². The molecule has 0 fully saturated rings. The van der Waals surface area contributed by atoms with E-state index in [-0.39, 0.29) is 17.0 Å². The lowest BCUT2D eigenvalue weighted by Crippen LogP contribution is -2.15. The van der Waals surface area contributed by atoms with Crippen molar-refractivity contribution in [2.75, 3.05) is 6.61 Å². The van der Waals surface area contributed by atoms with Crippen molar-refractivity contribution in [1.82, 2.24) is 4.98 Å². The van der Waals surface area contributed by atoms with E-state index in [1.54, 1.807) is 0 Å². The fraction of sp³-hybridized carbons (Fsp3) is 0.133. The van der Waals surface area contributed by atoms with Crippen molar-refractivity contribution >= 4 is 17.5 Å². The van der Waals surface area contributed by atoms with Gasteiger partial charge in [0.05, 0.1) is 5.56 Å². The molecule has 0 unspecified atom stereocenters. The van der Waals surface area contributed by atoms with E-state index in [0.29, 0.717) is 5.56 Å². The molecule has 21 heavy (non-hydrogen) atoms. The summed E-state index contributed by atoms with van der Waals surface area (Å²) in [4.78, 5) is 37.1. The first-order valence-electron chi connectivity index (χ1n) is 6.13. The Labute approximate surface area is 119 Å². The van der Waals surface area contributed by atoms with Crippen molar-refractivity contribution in [2.45, 2.75) is 6.92 Å². The Morgan fingerprint density at radius 3 is 2.57 bits per heavy atom. The van der Waals surface area contributed by atoms with Gasteiger partial charge in [-0.2, -0.15) is 0 Å². The number of nitrogens with one attached hydrogen (secondary N) is 1. The Morgan fingerprint density at radius 1 is 1.24 bits per heavy atom. The minimum atomic E-state index is -0.785. The van der Waals surface area contributed by atoms with Crippen molar-refractivity contribution in [3.63, 3.8) is 0 Å². The number of rotatable bonds is 5. The molecule has 0 aliphatic carbocycles. The Morgan fingerprint density at radius 2 is 1.95 bits per heavy atom. The van der Waals surface area contributed by atoms with Gasteiger partial charge < -0.3 is 9.72 Å². The van der Waals surface area contributed by atoms with Crippen LogP contribution in [0.4, 0.5) is 4.39 Å². The first kappa shape index (κ1) is 14.6. The summed E-state index contributed by atoms with van der Waals surface area (Å²) in [7, 11) is 0. The molecular formula is C15H12FNO4. The molecule has 0 aliphatic rings. The number of esters is 1. The molecular weight excluding hydrogens is 277 g/mol. The molecule has 0 aliphatic heterocycles. The SMILES string of the molecule is CC(=O)c1c[nH]c(C(=O)OCC(=O)c2ccccc2F)c1. The van der Waals surface area contributed by atoms with Crippen LogP contribution in [-0.2, 0) is 4.74 Å². The predicted molar refractivity (Wildman–Crippen MR) is 71.8 cm³/mol. The Bertz CT molecular complexity index is 705. The van der Waals surface area contributed by atoms with Gasteiger partial charge in [-0.15, -0.1) is 0 Å². The number of carbonyl (C=O) groups is 3. The zero-order valence-electron chi connectivity index (χ0n) is 11.2. The summed E-state index contributed by atoms with van der Waals surface area (Å²) in [6, 6.07) is 6.77. The molecule has 0 amide bonds. The molecule has 1 aromatic heterocycles. The monoisotopic (exact) mass is 289 g/mol. The van der Waals surface area contributed by atoms with Gasteiger partial charge >= 0.3 is 5.97 Å². The van der Waals surface area contributed by atoms with Crippen molar-refractivity contribution in [1.29, 1.82) is 0 Å². The highest BCUT2D eigenvalue weighted by Crippen LogP contribution is 2.09. The van der Waals surface area contributed by atoms with Crippen LogP contribution in [-0.4, -0.2) is 29.1 Å². The number of hydrogen-bond acceptors (Lipinski definition) is 4. The van der Waals surface area contributed by atoms with E-state index >= 15 is 0 Å². The van der Waals surface area contributed by atoms with Crippen LogP contribution in [0.15, 0.2) is 36.5 Å². The predicted octanol–water partition coefficient (Wildman–Crippen LogP) is 2.40. The maximum Gasteiger partial charge on any atom is 0.355 e. The van der Waals surface area contributed by atoms with Crippen molar-refractivity contribution < 1.29 is 23.5 Å². The zero-order chi connectivity index (χ0) is 15.4. The third-order valence-corrected chi connectivity index (χ3v) is 2.82. The third-order valence-electron chi connectivity index (χ3n) is 2.82. The summed E-state index contributed by atoms with van der Waals surface area (Å²) in [6.07, 6.45) is 1.37. The lowest BCUT2D eigenvalue weighted by atomic mass is 10.1. The van der Waals surface area contributed by atoms with E-state index in [9.17, 15) is 18.8 Å². The number of aromatic amines is 1. The largest absolute Gasteiger partial charge is 0.453 e. The summed E-state index contributed by atoms with van der Waals surface area (Å²) >= 11 is 0. The minimum Gasteiger partial charge on any atom is -0.453 e. The van der Waals surface area contributed by atoms with E-state index in [1.807, 2.05) is 0 Å². The highest BCUT2D eigenvalue weighted by molar-refractivity contribution is 6.00. The van der Waals surface area contributed by atoms with Crippen molar-refractivity contribution in [2.24, 2.45) is 0 Å². The Kier molecular flexibility index (Phi) is 4.27. The van der Waals surface area contributed by atoms with Gasteiger partial charge in [0.1, 0.15) is 11.5 Å². The third kappa shape index (κ3) is 3.42. The number of ether oxygens (including phenoxy) is 1. The van der Waals surface area contributed by atoms with Crippen LogP contribution in [0.1, 0.15) is 38.1 Å². The number of ketones is 2. The molecule has 1 aromatic carbocycles. The van der Waals surface area contributed by atoms with E-state index in [2.05, 4.69) is 4.98 Å². The van der Waals surface area contributed by atoms with Gasteiger partial charge in [0.15, 0.2) is 12.4 Å². The number of carbonyl (C=O) groups excluding carboxylic acids is 3. The van der Waals surface area contributed by atoms with E-state index in [1.165, 1.54) is 37.4 Å². The molecule has 108 valence electrons. The molecule has 0 radical (unpaired) electrons. The van der Waals surface area contributed by atoms with Crippen LogP contribution in [0.5, 0.6) is 0 Å². The first-order chi connectivity index (χ1) is 9.99. The molecule has 1 N–H and O–H groups in total. The highest BCUT2D eigenvalue weighted by atomic mass is 19.1. The fourth-order valence-corrected chi connectivity index (χ4v) is 1.69. The van der Waals surface area contributed by atoms with Crippen molar-refractivity contribution in [3.05, 3.63) is 59.2 Å². The molecule has 2 aromatic rings. The standard InChI is InChI=1S/C15H12FNO4/c1-9(18)10-6-13(17-7-10)15(20)21-8-14(19)11-4-2-3-5-12(11)16/h2-7,17H,8H2,1H3. The molecule has 0 spiro atoms. The van der Waals surface area contributed by atoms with Crippen molar-refractivity contribution in [3.8, 4) is 0 Å². The molecule has 5 nitrogen and oxygen atoms in total. The number of Topliss-reactive ketones (excluding diaryl/α,β-unsaturated/α-hetero) is 2. The van der Waals surface area contributed by atoms with Gasteiger partial charge in [-0.05, 0) is 25.1 Å². The maximum atomic E-state index is 13.4. The van der Waals surface area contributed by atoms with Crippen LogP contribution >= 0.6 is 0 Å². The summed E-state index contributed by atoms with van der Waals surface area (Å²) < 4.78 is 18.2. The molecule has 0 saturated carbocycles. The summed E-state index contributed by atoms with van der Waals surface area (Å²) in [5, 5.41) is 0. The quantitative estimate of drug-likeness (QED) is 0.677. The fourth-order valence-electron chi connectivity index (χ4n) is 1.69. The minimum absolute atomic E-state index is 0.0570. The number of hydrogen-bond donors (Lipinski definition) is 1.